The van der Waals surface area contributed by atoms with Crippen molar-refractivity contribution in [1.29, 1.82) is 0 Å². The zero-order valence-corrected chi connectivity index (χ0v) is 10.8. The van der Waals surface area contributed by atoms with E-state index in [4.69, 9.17) is 0 Å². The zero-order valence-electron chi connectivity index (χ0n) is 10.8. The normalized spacial score (nSPS) is 16.5. The van der Waals surface area contributed by atoms with Crippen LogP contribution in [0.3, 0.4) is 0 Å². The number of carbonyl (C=O) groups excluding carboxylic acids is 1. The first kappa shape index (κ1) is 12.2. The third-order valence-electron chi connectivity index (χ3n) is 3.64. The van der Waals surface area contributed by atoms with E-state index < -0.39 is 6.10 Å². The van der Waals surface area contributed by atoms with Crippen molar-refractivity contribution in [2.45, 2.75) is 18.9 Å². The van der Waals surface area contributed by atoms with E-state index in [1.165, 1.54) is 0 Å². The summed E-state index contributed by atoms with van der Waals surface area (Å²) in [6.07, 6.45) is 3.36. The molecule has 1 amide bonds. The molecule has 19 heavy (non-hydrogen) atoms. The smallest absolute Gasteiger partial charge is 0.253 e. The second-order valence-electron chi connectivity index (χ2n) is 5.22. The van der Waals surface area contributed by atoms with Gasteiger partial charge in [0.1, 0.15) is 0 Å². The Balaban J connectivity index is 1.74. The summed E-state index contributed by atoms with van der Waals surface area (Å²) in [5.74, 6) is 0.307. The third kappa shape index (κ3) is 2.46. The molecule has 0 spiro atoms. The van der Waals surface area contributed by atoms with Gasteiger partial charge in [-0.25, -0.2) is 4.98 Å². The van der Waals surface area contributed by atoms with E-state index in [1.54, 1.807) is 30.4 Å². The second-order valence-corrected chi connectivity index (χ2v) is 5.22. The summed E-state index contributed by atoms with van der Waals surface area (Å²) in [4.78, 5) is 21.0. The molecule has 2 N–H and O–H groups in total. The number of nitrogens with one attached hydrogen (secondary N) is 1. The van der Waals surface area contributed by atoms with E-state index in [0.717, 1.165) is 23.9 Å². The van der Waals surface area contributed by atoms with Crippen molar-refractivity contribution in [3.8, 4) is 0 Å². The highest BCUT2D eigenvalue weighted by Gasteiger charge is 2.31. The second kappa shape index (κ2) is 4.66. The molecule has 1 aromatic carbocycles. The van der Waals surface area contributed by atoms with E-state index in [0.29, 0.717) is 18.0 Å². The van der Waals surface area contributed by atoms with Crippen LogP contribution < -0.4 is 0 Å². The SMILES string of the molecule is CN(CC(O)C1CC1)C(=O)c1ccc2nc[nH]c2c1. The number of hydrogen-bond acceptors (Lipinski definition) is 3. The highest BCUT2D eigenvalue weighted by molar-refractivity contribution is 5.97. The first-order valence-corrected chi connectivity index (χ1v) is 6.52. The van der Waals surface area contributed by atoms with Crippen molar-refractivity contribution in [2.24, 2.45) is 5.92 Å². The van der Waals surface area contributed by atoms with E-state index in [2.05, 4.69) is 9.97 Å². The average Bonchev–Trinajstić information content (AvgIpc) is 3.15. The quantitative estimate of drug-likeness (QED) is 0.872. The number of aromatic nitrogens is 2. The van der Waals surface area contributed by atoms with Gasteiger partial charge in [0.25, 0.3) is 5.91 Å². The van der Waals surface area contributed by atoms with Gasteiger partial charge in [0.15, 0.2) is 0 Å². The molecule has 2 aromatic rings. The number of imidazole rings is 1. The fourth-order valence-corrected chi connectivity index (χ4v) is 2.28. The number of likely N-dealkylation sites (N-methyl/N-ethyl adjacent to an activating group) is 1. The Morgan fingerprint density at radius 1 is 1.58 bits per heavy atom. The number of aliphatic hydroxyl groups is 1. The van der Waals surface area contributed by atoms with Crippen LogP contribution in [0.4, 0.5) is 0 Å². The molecule has 3 rings (SSSR count). The van der Waals surface area contributed by atoms with Crippen molar-refractivity contribution in [3.63, 3.8) is 0 Å². The molecule has 0 radical (unpaired) electrons. The molecule has 1 aliphatic rings. The summed E-state index contributed by atoms with van der Waals surface area (Å²) in [5, 5.41) is 9.88. The van der Waals surface area contributed by atoms with E-state index in [1.807, 2.05) is 6.07 Å². The Morgan fingerprint density at radius 2 is 2.37 bits per heavy atom. The minimum Gasteiger partial charge on any atom is -0.391 e. The monoisotopic (exact) mass is 259 g/mol. The predicted octanol–water partition coefficient (Wildman–Crippen LogP) is 1.41. The zero-order chi connectivity index (χ0) is 13.4. The van der Waals surface area contributed by atoms with Gasteiger partial charge in [-0.15, -0.1) is 0 Å². The lowest BCUT2D eigenvalue weighted by Gasteiger charge is -2.20. The van der Waals surface area contributed by atoms with Crippen molar-refractivity contribution in [3.05, 3.63) is 30.1 Å². The van der Waals surface area contributed by atoms with Crippen LogP contribution in [-0.4, -0.2) is 45.6 Å². The third-order valence-corrected chi connectivity index (χ3v) is 3.64. The minimum atomic E-state index is -0.398. The number of H-pyrrole nitrogens is 1. The molecule has 0 aliphatic heterocycles. The average molecular weight is 259 g/mol. The van der Waals surface area contributed by atoms with Crippen LogP contribution in [-0.2, 0) is 0 Å². The van der Waals surface area contributed by atoms with Gasteiger partial charge in [-0.2, -0.15) is 0 Å². The Labute approximate surface area is 111 Å². The number of hydrogen-bond donors (Lipinski definition) is 2. The van der Waals surface area contributed by atoms with Crippen molar-refractivity contribution >= 4 is 16.9 Å². The van der Waals surface area contributed by atoms with Crippen LogP contribution >= 0.6 is 0 Å². The van der Waals surface area contributed by atoms with Gasteiger partial charge in [-0.05, 0) is 37.0 Å². The molecule has 1 heterocycles. The lowest BCUT2D eigenvalue weighted by Crippen LogP contribution is -2.35. The Morgan fingerprint density at radius 3 is 3.11 bits per heavy atom. The van der Waals surface area contributed by atoms with Gasteiger partial charge in [0, 0.05) is 19.2 Å². The van der Waals surface area contributed by atoms with Crippen LogP contribution in [0.5, 0.6) is 0 Å². The first-order valence-electron chi connectivity index (χ1n) is 6.52. The molecule has 1 aromatic heterocycles. The van der Waals surface area contributed by atoms with Crippen LogP contribution in [0.1, 0.15) is 23.2 Å². The summed E-state index contributed by atoms with van der Waals surface area (Å²) in [5.41, 5.74) is 2.31. The Hall–Kier alpha value is -1.88. The molecule has 0 bridgehead atoms. The summed E-state index contributed by atoms with van der Waals surface area (Å²) >= 11 is 0. The molecular formula is C14H17N3O2. The number of fused-ring (bicyclic) bond motifs is 1. The number of aliphatic hydroxyl groups excluding tert-OH is 1. The van der Waals surface area contributed by atoms with Crippen molar-refractivity contribution in [2.75, 3.05) is 13.6 Å². The van der Waals surface area contributed by atoms with Gasteiger partial charge in [0.2, 0.25) is 0 Å². The molecule has 100 valence electrons. The molecule has 1 fully saturated rings. The van der Waals surface area contributed by atoms with Crippen molar-refractivity contribution < 1.29 is 9.90 Å². The van der Waals surface area contributed by atoms with Crippen LogP contribution in [0, 0.1) is 5.92 Å². The van der Waals surface area contributed by atoms with E-state index >= 15 is 0 Å². The predicted molar refractivity (Wildman–Crippen MR) is 71.8 cm³/mol. The highest BCUT2D eigenvalue weighted by Crippen LogP contribution is 2.32. The number of nitrogens with zero attached hydrogens (tertiary/aromatic N) is 2. The minimum absolute atomic E-state index is 0.0730. The largest absolute Gasteiger partial charge is 0.391 e. The van der Waals surface area contributed by atoms with Crippen LogP contribution in [0.15, 0.2) is 24.5 Å². The molecular weight excluding hydrogens is 242 g/mol. The lowest BCUT2D eigenvalue weighted by molar-refractivity contribution is 0.0645. The summed E-state index contributed by atoms with van der Waals surface area (Å²) < 4.78 is 0. The first-order chi connectivity index (χ1) is 9.15. The molecule has 1 saturated carbocycles. The maximum absolute atomic E-state index is 12.3. The number of rotatable bonds is 4. The van der Waals surface area contributed by atoms with Crippen LogP contribution in [0.2, 0.25) is 0 Å². The van der Waals surface area contributed by atoms with E-state index in [-0.39, 0.29) is 5.91 Å². The summed E-state index contributed by atoms with van der Waals surface area (Å²) in [6.45, 7) is 0.393. The highest BCUT2D eigenvalue weighted by atomic mass is 16.3. The number of benzene rings is 1. The maximum Gasteiger partial charge on any atom is 0.253 e. The Bertz CT molecular complexity index is 604. The van der Waals surface area contributed by atoms with Gasteiger partial charge < -0.3 is 15.0 Å². The molecule has 0 saturated heterocycles. The molecule has 1 aliphatic carbocycles. The molecule has 5 nitrogen and oxygen atoms in total. The van der Waals surface area contributed by atoms with Crippen LogP contribution in [0.25, 0.3) is 11.0 Å². The number of aromatic amines is 1. The number of carbonyl (C=O) groups is 1. The van der Waals surface area contributed by atoms with E-state index in [9.17, 15) is 9.90 Å². The lowest BCUT2D eigenvalue weighted by atomic mass is 10.1. The van der Waals surface area contributed by atoms with Gasteiger partial charge >= 0.3 is 0 Å². The van der Waals surface area contributed by atoms with Crippen molar-refractivity contribution in [1.82, 2.24) is 14.9 Å². The van der Waals surface area contributed by atoms with Gasteiger partial charge in [-0.3, -0.25) is 4.79 Å². The fraction of sp³-hybridized carbons (Fsp3) is 0.429. The van der Waals surface area contributed by atoms with Gasteiger partial charge in [0.05, 0.1) is 23.5 Å². The molecule has 1 atom stereocenters. The maximum atomic E-state index is 12.3. The van der Waals surface area contributed by atoms with Gasteiger partial charge in [-0.1, -0.05) is 0 Å². The summed E-state index contributed by atoms with van der Waals surface area (Å²) in [7, 11) is 1.73. The number of amides is 1. The topological polar surface area (TPSA) is 69.2 Å². The Kier molecular flexibility index (Phi) is 2.98. The molecule has 1 unspecified atom stereocenters. The fourth-order valence-electron chi connectivity index (χ4n) is 2.28. The summed E-state index contributed by atoms with van der Waals surface area (Å²) in [6, 6.07) is 5.39. The standard InChI is InChI=1S/C14H17N3O2/c1-17(7-13(18)9-2-3-9)14(19)10-4-5-11-12(6-10)16-8-15-11/h4-6,8-9,13,18H,2-3,7H2,1H3,(H,15,16). The molecule has 5 heteroatoms.